The molecule has 3 heterocycles. The molecule has 4 N–H and O–H groups in total. The zero-order valence-corrected chi connectivity index (χ0v) is 20.9. The molecule has 5 rings (SSSR count). The van der Waals surface area contributed by atoms with E-state index in [0.29, 0.717) is 39.8 Å². The SMILES string of the molecule is N[C@H]1C[C@H](C#Cc2cc3ncnc(Nc4ccc(OCc5cccc(F)c5)c(Cl)c4)c3s2)N(C(=O)O)C1. The van der Waals surface area contributed by atoms with Crippen LogP contribution in [0.3, 0.4) is 0 Å². The van der Waals surface area contributed by atoms with Crippen molar-refractivity contribution in [3.8, 4) is 17.6 Å². The molecule has 0 spiro atoms. The number of thiophene rings is 1. The van der Waals surface area contributed by atoms with Crippen LogP contribution in [0.15, 0.2) is 54.9 Å². The number of likely N-dealkylation sites (tertiary alicyclic amines) is 1. The number of carbonyl (C=O) groups is 1. The second-order valence-corrected chi connectivity index (χ2v) is 9.91. The van der Waals surface area contributed by atoms with Crippen LogP contribution in [0.2, 0.25) is 5.02 Å². The minimum absolute atomic E-state index is 0.187. The number of aromatic nitrogens is 2. The van der Waals surface area contributed by atoms with Gasteiger partial charge in [0.25, 0.3) is 0 Å². The molecule has 37 heavy (non-hydrogen) atoms. The van der Waals surface area contributed by atoms with Gasteiger partial charge in [-0.1, -0.05) is 35.6 Å². The van der Waals surface area contributed by atoms with E-state index in [0.717, 1.165) is 9.58 Å². The molecule has 1 aliphatic rings. The van der Waals surface area contributed by atoms with Gasteiger partial charge in [0.2, 0.25) is 0 Å². The Morgan fingerprint density at radius 1 is 1.30 bits per heavy atom. The molecule has 11 heteroatoms. The number of nitrogens with two attached hydrogens (primary N) is 1. The second kappa shape index (κ2) is 10.6. The molecule has 0 aliphatic carbocycles. The van der Waals surface area contributed by atoms with Crippen LogP contribution >= 0.6 is 22.9 Å². The van der Waals surface area contributed by atoms with E-state index in [9.17, 15) is 14.3 Å². The lowest BCUT2D eigenvalue weighted by Crippen LogP contribution is -2.34. The third kappa shape index (κ3) is 5.75. The first-order valence-electron chi connectivity index (χ1n) is 11.3. The number of amides is 1. The molecule has 8 nitrogen and oxygen atoms in total. The first-order chi connectivity index (χ1) is 17.9. The minimum Gasteiger partial charge on any atom is -0.487 e. The number of carboxylic acid groups (broad SMARTS) is 1. The number of nitrogens with one attached hydrogen (secondary N) is 1. The molecular formula is C26H21ClFN5O3S. The molecule has 4 aromatic rings. The Hall–Kier alpha value is -3.91. The van der Waals surface area contributed by atoms with Gasteiger partial charge in [0.05, 0.1) is 26.2 Å². The molecule has 1 fully saturated rings. The Bertz CT molecular complexity index is 1540. The first-order valence-corrected chi connectivity index (χ1v) is 12.5. The van der Waals surface area contributed by atoms with E-state index in [1.165, 1.54) is 34.7 Å². The summed E-state index contributed by atoms with van der Waals surface area (Å²) in [6.45, 7) is 0.463. The fraction of sp³-hybridized carbons (Fsp3) is 0.192. The molecule has 1 saturated heterocycles. The molecule has 1 aliphatic heterocycles. The van der Waals surface area contributed by atoms with E-state index in [1.54, 1.807) is 30.3 Å². The number of fused-ring (bicyclic) bond motifs is 1. The first kappa shape index (κ1) is 24.8. The Labute approximate surface area is 220 Å². The van der Waals surface area contributed by atoms with Crippen molar-refractivity contribution in [2.24, 2.45) is 5.73 Å². The summed E-state index contributed by atoms with van der Waals surface area (Å²) >= 11 is 7.83. The van der Waals surface area contributed by atoms with E-state index in [-0.39, 0.29) is 25.0 Å². The predicted molar refractivity (Wildman–Crippen MR) is 141 cm³/mol. The molecule has 0 saturated carbocycles. The van der Waals surface area contributed by atoms with Crippen LogP contribution in [0.4, 0.5) is 20.7 Å². The van der Waals surface area contributed by atoms with Crippen molar-refractivity contribution in [3.63, 3.8) is 0 Å². The highest BCUT2D eigenvalue weighted by Crippen LogP contribution is 2.33. The summed E-state index contributed by atoms with van der Waals surface area (Å²) in [5.74, 6) is 6.84. The Morgan fingerprint density at radius 2 is 2.16 bits per heavy atom. The third-order valence-electron chi connectivity index (χ3n) is 5.73. The van der Waals surface area contributed by atoms with Crippen LogP contribution in [-0.4, -0.2) is 44.7 Å². The molecule has 188 valence electrons. The summed E-state index contributed by atoms with van der Waals surface area (Å²) in [7, 11) is 0. The van der Waals surface area contributed by atoms with Gasteiger partial charge in [-0.3, -0.25) is 4.90 Å². The average molecular weight is 538 g/mol. The number of benzene rings is 2. The zero-order chi connectivity index (χ0) is 25.9. The highest BCUT2D eigenvalue weighted by atomic mass is 35.5. The van der Waals surface area contributed by atoms with Gasteiger partial charge in [-0.2, -0.15) is 0 Å². The van der Waals surface area contributed by atoms with E-state index < -0.39 is 12.1 Å². The maximum Gasteiger partial charge on any atom is 0.408 e. The summed E-state index contributed by atoms with van der Waals surface area (Å²) in [6.07, 6.45) is 0.930. The van der Waals surface area contributed by atoms with Crippen LogP contribution in [0.25, 0.3) is 10.2 Å². The molecule has 0 bridgehead atoms. The van der Waals surface area contributed by atoms with Crippen molar-refractivity contribution >= 4 is 50.8 Å². The minimum atomic E-state index is -1.02. The number of ether oxygens (including phenoxy) is 1. The van der Waals surface area contributed by atoms with Crippen LogP contribution < -0.4 is 15.8 Å². The van der Waals surface area contributed by atoms with E-state index in [1.807, 2.05) is 6.07 Å². The van der Waals surface area contributed by atoms with Gasteiger partial charge < -0.3 is 20.9 Å². The van der Waals surface area contributed by atoms with Gasteiger partial charge in [0.1, 0.15) is 24.5 Å². The summed E-state index contributed by atoms with van der Waals surface area (Å²) in [5.41, 5.74) is 8.03. The lowest BCUT2D eigenvalue weighted by molar-refractivity contribution is 0.148. The predicted octanol–water partition coefficient (Wildman–Crippen LogP) is 5.24. The lowest BCUT2D eigenvalue weighted by Gasteiger charge is -2.15. The van der Waals surface area contributed by atoms with E-state index in [4.69, 9.17) is 22.1 Å². The van der Waals surface area contributed by atoms with E-state index >= 15 is 0 Å². The van der Waals surface area contributed by atoms with Crippen LogP contribution in [0, 0.1) is 17.7 Å². The summed E-state index contributed by atoms with van der Waals surface area (Å²) < 4.78 is 19.9. The van der Waals surface area contributed by atoms with Gasteiger partial charge in [0, 0.05) is 18.3 Å². The third-order valence-corrected chi connectivity index (χ3v) is 7.07. The zero-order valence-electron chi connectivity index (χ0n) is 19.3. The standard InChI is InChI=1S/C26H21ClFN5O3S/c27-21-10-18(4-7-23(21)36-13-15-2-1-3-16(28)8-15)32-25-24-22(30-14-31-25)11-20(37-24)6-5-19-9-17(29)12-33(19)26(34)35/h1-4,7-8,10-11,14,17,19H,9,12-13,29H2,(H,34,35)(H,30,31,32)/t17-,19-/m0/s1. The van der Waals surface area contributed by atoms with Crippen LogP contribution in [-0.2, 0) is 6.61 Å². The maximum atomic E-state index is 13.4. The van der Waals surface area contributed by atoms with Gasteiger partial charge in [-0.15, -0.1) is 11.3 Å². The van der Waals surface area contributed by atoms with Crippen molar-refractivity contribution in [1.29, 1.82) is 0 Å². The number of hydrogen-bond donors (Lipinski definition) is 3. The highest BCUT2D eigenvalue weighted by molar-refractivity contribution is 7.20. The lowest BCUT2D eigenvalue weighted by atomic mass is 10.2. The van der Waals surface area contributed by atoms with Gasteiger partial charge in [0.15, 0.2) is 5.82 Å². The van der Waals surface area contributed by atoms with Crippen molar-refractivity contribution in [3.05, 3.63) is 76.1 Å². The smallest absolute Gasteiger partial charge is 0.408 e. The quantitative estimate of drug-likeness (QED) is 0.298. The van der Waals surface area contributed by atoms with Crippen LogP contribution in [0.1, 0.15) is 16.9 Å². The number of halogens is 2. The summed E-state index contributed by atoms with van der Waals surface area (Å²) in [6, 6.07) is 12.6. The number of anilines is 2. The van der Waals surface area contributed by atoms with Gasteiger partial charge >= 0.3 is 6.09 Å². The van der Waals surface area contributed by atoms with Crippen molar-refractivity contribution in [1.82, 2.24) is 14.9 Å². The largest absolute Gasteiger partial charge is 0.487 e. The molecule has 1 amide bonds. The van der Waals surface area contributed by atoms with Crippen molar-refractivity contribution < 1.29 is 19.0 Å². The van der Waals surface area contributed by atoms with E-state index in [2.05, 4.69) is 27.1 Å². The maximum absolute atomic E-state index is 13.4. The molecule has 2 atom stereocenters. The Balaban J connectivity index is 1.31. The van der Waals surface area contributed by atoms with Gasteiger partial charge in [-0.05, 0) is 48.4 Å². The number of nitrogens with zero attached hydrogens (tertiary/aromatic N) is 3. The topological polar surface area (TPSA) is 114 Å². The number of hydrogen-bond acceptors (Lipinski definition) is 7. The molecule has 0 unspecified atom stereocenters. The molecule has 0 radical (unpaired) electrons. The normalized spacial score (nSPS) is 16.9. The fourth-order valence-corrected chi connectivity index (χ4v) is 5.15. The monoisotopic (exact) mass is 537 g/mol. The number of rotatable bonds is 5. The Morgan fingerprint density at radius 3 is 2.95 bits per heavy atom. The molecule has 2 aromatic heterocycles. The van der Waals surface area contributed by atoms with Crippen LogP contribution in [0.5, 0.6) is 5.75 Å². The highest BCUT2D eigenvalue weighted by Gasteiger charge is 2.32. The van der Waals surface area contributed by atoms with Crippen molar-refractivity contribution in [2.45, 2.75) is 25.1 Å². The van der Waals surface area contributed by atoms with Gasteiger partial charge in [-0.25, -0.2) is 19.2 Å². The second-order valence-electron chi connectivity index (χ2n) is 8.45. The fourth-order valence-electron chi connectivity index (χ4n) is 4.00. The summed E-state index contributed by atoms with van der Waals surface area (Å²) in [5, 5.41) is 13.0. The molecule has 2 aromatic carbocycles. The average Bonchev–Trinajstić information content (AvgIpc) is 3.46. The summed E-state index contributed by atoms with van der Waals surface area (Å²) in [4.78, 5) is 22.1. The Kier molecular flexibility index (Phi) is 7.10. The molecular weight excluding hydrogens is 517 g/mol. The van der Waals surface area contributed by atoms with Crippen molar-refractivity contribution in [2.75, 3.05) is 11.9 Å².